The van der Waals surface area contributed by atoms with Crippen molar-refractivity contribution in [1.29, 1.82) is 0 Å². The fourth-order valence-electron chi connectivity index (χ4n) is 2.69. The van der Waals surface area contributed by atoms with Crippen molar-refractivity contribution >= 4 is 11.5 Å². The average Bonchev–Trinajstić information content (AvgIpc) is 3.02. The second-order valence-electron chi connectivity index (χ2n) is 6.17. The molecule has 1 aromatic rings. The van der Waals surface area contributed by atoms with Gasteiger partial charge in [-0.2, -0.15) is 5.06 Å². The molecule has 1 saturated heterocycles. The van der Waals surface area contributed by atoms with Gasteiger partial charge in [0.15, 0.2) is 5.78 Å². The van der Waals surface area contributed by atoms with E-state index < -0.39 is 0 Å². The molecule has 2 fully saturated rings. The summed E-state index contributed by atoms with van der Waals surface area (Å²) in [4.78, 5) is 20.1. The minimum absolute atomic E-state index is 0.0292. The molecule has 1 heterocycles. The van der Waals surface area contributed by atoms with Gasteiger partial charge in [-0.3, -0.25) is 9.63 Å². The summed E-state index contributed by atoms with van der Waals surface area (Å²) >= 11 is 0. The van der Waals surface area contributed by atoms with Crippen molar-refractivity contribution in [3.63, 3.8) is 0 Å². The summed E-state index contributed by atoms with van der Waals surface area (Å²) in [6.07, 6.45) is 0. The minimum Gasteiger partial charge on any atom is -0.358 e. The first-order valence-corrected chi connectivity index (χ1v) is 6.78. The Bertz CT molecular complexity index is 481. The maximum absolute atomic E-state index is 12.0. The van der Waals surface area contributed by atoms with Crippen LogP contribution in [0.15, 0.2) is 30.3 Å². The molecule has 0 amide bonds. The summed E-state index contributed by atoms with van der Waals surface area (Å²) in [5.74, 6) is 0.269. The predicted molar refractivity (Wildman–Crippen MR) is 73.9 cm³/mol. The number of carbonyl (C=O) groups excluding carboxylic acids is 1. The zero-order valence-corrected chi connectivity index (χ0v) is 11.7. The van der Waals surface area contributed by atoms with E-state index in [0.29, 0.717) is 0 Å². The van der Waals surface area contributed by atoms with Gasteiger partial charge in [-0.05, 0) is 32.9 Å². The van der Waals surface area contributed by atoms with Gasteiger partial charge in [0.05, 0.1) is 5.60 Å². The molecule has 102 valence electrons. The number of rotatable bonds is 2. The number of hydrogen-bond donors (Lipinski definition) is 0. The van der Waals surface area contributed by atoms with E-state index in [2.05, 4.69) is 17.0 Å². The lowest BCUT2D eigenvalue weighted by atomic mass is 10.2. The summed E-state index contributed by atoms with van der Waals surface area (Å²) < 4.78 is 0. The molecule has 1 aromatic carbocycles. The summed E-state index contributed by atoms with van der Waals surface area (Å²) in [5.41, 5.74) is 0.876. The predicted octanol–water partition coefficient (Wildman–Crippen LogP) is 1.86. The molecule has 0 aromatic heterocycles. The van der Waals surface area contributed by atoms with E-state index in [4.69, 9.17) is 4.84 Å². The van der Waals surface area contributed by atoms with Gasteiger partial charge in [0.1, 0.15) is 12.1 Å². The van der Waals surface area contributed by atoms with Crippen molar-refractivity contribution in [2.24, 2.45) is 0 Å². The maximum Gasteiger partial charge on any atom is 0.179 e. The number of ketones is 1. The number of hydrogen-bond acceptors (Lipinski definition) is 4. The Hall–Kier alpha value is -1.39. The van der Waals surface area contributed by atoms with Crippen LogP contribution in [0.4, 0.5) is 5.69 Å². The van der Waals surface area contributed by atoms with Crippen LogP contribution in [-0.2, 0) is 9.63 Å². The highest BCUT2D eigenvalue weighted by Crippen LogP contribution is 2.37. The Morgan fingerprint density at radius 3 is 2.42 bits per heavy atom. The zero-order chi connectivity index (χ0) is 13.6. The van der Waals surface area contributed by atoms with Crippen LogP contribution in [0.3, 0.4) is 0 Å². The molecule has 1 aliphatic heterocycles. The van der Waals surface area contributed by atoms with Gasteiger partial charge in [-0.25, -0.2) is 0 Å². The molecule has 1 saturated carbocycles. The van der Waals surface area contributed by atoms with Crippen molar-refractivity contribution in [3.8, 4) is 0 Å². The number of piperazine rings is 1. The monoisotopic (exact) mass is 260 g/mol. The number of anilines is 1. The van der Waals surface area contributed by atoms with E-state index in [9.17, 15) is 4.79 Å². The van der Waals surface area contributed by atoms with Crippen LogP contribution >= 0.6 is 0 Å². The molecule has 3 rings (SSSR count). The van der Waals surface area contributed by atoms with Crippen molar-refractivity contribution in [2.75, 3.05) is 18.0 Å². The number of Topliss-reactive ketones (excluding diaryl/α,β-unsaturated/α-hetero) is 1. The van der Waals surface area contributed by atoms with E-state index in [0.717, 1.165) is 18.8 Å². The molecular weight excluding hydrogens is 240 g/mol. The minimum atomic E-state index is -0.248. The third-order valence-electron chi connectivity index (χ3n) is 3.46. The van der Waals surface area contributed by atoms with Crippen LogP contribution in [0, 0.1) is 0 Å². The van der Waals surface area contributed by atoms with Gasteiger partial charge in [-0.15, -0.1) is 0 Å². The molecule has 0 N–H and O–H groups in total. The van der Waals surface area contributed by atoms with Crippen LogP contribution in [0.1, 0.15) is 20.8 Å². The number of fused-ring (bicyclic) bond motifs is 1. The highest BCUT2D eigenvalue weighted by molar-refractivity contribution is 6.10. The first-order chi connectivity index (χ1) is 8.97. The van der Waals surface area contributed by atoms with Crippen LogP contribution in [0.5, 0.6) is 0 Å². The topological polar surface area (TPSA) is 32.8 Å². The molecule has 19 heavy (non-hydrogen) atoms. The van der Waals surface area contributed by atoms with Gasteiger partial charge in [-0.1, -0.05) is 18.2 Å². The number of hydroxylamine groups is 2. The van der Waals surface area contributed by atoms with Crippen molar-refractivity contribution in [1.82, 2.24) is 5.06 Å². The molecule has 4 heteroatoms. The van der Waals surface area contributed by atoms with Gasteiger partial charge >= 0.3 is 0 Å². The van der Waals surface area contributed by atoms with Crippen LogP contribution in [0.2, 0.25) is 0 Å². The van der Waals surface area contributed by atoms with Crippen molar-refractivity contribution in [2.45, 2.75) is 38.5 Å². The van der Waals surface area contributed by atoms with E-state index in [-0.39, 0.29) is 23.5 Å². The van der Waals surface area contributed by atoms with E-state index in [1.165, 1.54) is 0 Å². The number of para-hydroxylation sites is 1. The largest absolute Gasteiger partial charge is 0.358 e. The molecular formula is C15H20N2O2. The second-order valence-corrected chi connectivity index (χ2v) is 6.17. The second kappa shape index (κ2) is 4.32. The third-order valence-corrected chi connectivity index (χ3v) is 3.46. The normalized spacial score (nSPS) is 27.3. The van der Waals surface area contributed by atoms with E-state index >= 15 is 0 Å². The Kier molecular flexibility index (Phi) is 2.87. The van der Waals surface area contributed by atoms with E-state index in [1.54, 1.807) is 0 Å². The Labute approximate surface area is 113 Å². The number of carbonyl (C=O) groups is 1. The molecule has 2 atom stereocenters. The lowest BCUT2D eigenvalue weighted by Gasteiger charge is -2.36. The lowest BCUT2D eigenvalue weighted by molar-refractivity contribution is -0.236. The third kappa shape index (κ3) is 2.38. The molecule has 0 spiro atoms. The molecule has 1 aliphatic carbocycles. The summed E-state index contributed by atoms with van der Waals surface area (Å²) in [6, 6.07) is 10.0. The number of benzene rings is 1. The maximum atomic E-state index is 12.0. The average molecular weight is 260 g/mol. The van der Waals surface area contributed by atoms with Gasteiger partial charge in [0.25, 0.3) is 0 Å². The standard InChI is InChI=1S/C15H20N2O2/c1-15(2,3)19-17-10-9-16(12-13(17)14(12)18)11-7-5-4-6-8-11/h4-8,12-13H,9-10H2,1-3H3. The molecule has 0 radical (unpaired) electrons. The van der Waals surface area contributed by atoms with Crippen LogP contribution < -0.4 is 4.90 Å². The SMILES string of the molecule is CC(C)(C)ON1CCN(c2ccccc2)C2C(=O)C21. The Morgan fingerprint density at radius 1 is 1.11 bits per heavy atom. The highest BCUT2D eigenvalue weighted by atomic mass is 16.7. The fraction of sp³-hybridized carbons (Fsp3) is 0.533. The summed E-state index contributed by atoms with van der Waals surface area (Å²) in [6.45, 7) is 7.63. The highest BCUT2D eigenvalue weighted by Gasteiger charge is 2.60. The van der Waals surface area contributed by atoms with Gasteiger partial charge < -0.3 is 4.90 Å². The number of nitrogens with zero attached hydrogens (tertiary/aromatic N) is 2. The molecule has 0 bridgehead atoms. The van der Waals surface area contributed by atoms with Gasteiger partial charge in [0, 0.05) is 18.8 Å². The summed E-state index contributed by atoms with van der Waals surface area (Å²) in [7, 11) is 0. The first-order valence-electron chi connectivity index (χ1n) is 6.78. The van der Waals surface area contributed by atoms with Crippen LogP contribution in [-0.4, -0.2) is 41.6 Å². The molecule has 4 nitrogen and oxygen atoms in total. The van der Waals surface area contributed by atoms with Crippen molar-refractivity contribution < 1.29 is 9.63 Å². The molecule has 2 unspecified atom stereocenters. The Balaban J connectivity index is 1.74. The van der Waals surface area contributed by atoms with Crippen LogP contribution in [0.25, 0.3) is 0 Å². The van der Waals surface area contributed by atoms with E-state index in [1.807, 2.05) is 44.0 Å². The zero-order valence-electron chi connectivity index (χ0n) is 11.7. The van der Waals surface area contributed by atoms with Crippen molar-refractivity contribution in [3.05, 3.63) is 30.3 Å². The quantitative estimate of drug-likeness (QED) is 0.812. The lowest BCUT2D eigenvalue weighted by Crippen LogP contribution is -2.48. The van der Waals surface area contributed by atoms with Gasteiger partial charge in [0.2, 0.25) is 0 Å². The smallest absolute Gasteiger partial charge is 0.179 e. The fourth-order valence-corrected chi connectivity index (χ4v) is 2.69. The molecule has 2 aliphatic rings. The summed E-state index contributed by atoms with van der Waals surface area (Å²) in [5, 5.41) is 1.87. The Morgan fingerprint density at radius 2 is 1.79 bits per heavy atom. The first kappa shape index (κ1) is 12.6.